The Balaban J connectivity index is 1.38. The second-order valence-corrected chi connectivity index (χ2v) is 8.43. The van der Waals surface area contributed by atoms with Crippen molar-refractivity contribution in [1.29, 1.82) is 0 Å². The molecular weight excluding hydrogens is 378 g/mol. The summed E-state index contributed by atoms with van der Waals surface area (Å²) in [6, 6.07) is 7.69. The molecule has 7 heteroatoms. The molecular formula is C21H30ClN3O3. The Morgan fingerprint density at radius 3 is 2.54 bits per heavy atom. The Morgan fingerprint density at radius 2 is 1.89 bits per heavy atom. The van der Waals surface area contributed by atoms with Crippen LogP contribution >= 0.6 is 11.6 Å². The zero-order chi connectivity index (χ0) is 20.1. The molecule has 1 saturated carbocycles. The highest BCUT2D eigenvalue weighted by Crippen LogP contribution is 2.28. The van der Waals surface area contributed by atoms with Gasteiger partial charge in [-0.05, 0) is 58.3 Å². The van der Waals surface area contributed by atoms with Crippen molar-refractivity contribution in [2.45, 2.75) is 44.2 Å². The van der Waals surface area contributed by atoms with Gasteiger partial charge in [0, 0.05) is 31.1 Å². The molecule has 1 saturated heterocycles. The number of likely N-dealkylation sites (N-methyl/N-ethyl adjacent to an activating group) is 1. The Labute approximate surface area is 172 Å². The van der Waals surface area contributed by atoms with Gasteiger partial charge >= 0.3 is 0 Å². The summed E-state index contributed by atoms with van der Waals surface area (Å²) in [5, 5.41) is 3.51. The molecule has 0 aromatic heterocycles. The number of ether oxygens (including phenoxy) is 1. The molecule has 1 unspecified atom stereocenters. The maximum Gasteiger partial charge on any atom is 0.258 e. The summed E-state index contributed by atoms with van der Waals surface area (Å²) in [6.45, 7) is 1.64. The van der Waals surface area contributed by atoms with Crippen LogP contribution in [0.4, 0.5) is 0 Å². The van der Waals surface area contributed by atoms with Crippen molar-refractivity contribution in [1.82, 2.24) is 15.1 Å². The summed E-state index contributed by atoms with van der Waals surface area (Å²) in [4.78, 5) is 29.2. The van der Waals surface area contributed by atoms with E-state index in [1.807, 2.05) is 17.0 Å². The van der Waals surface area contributed by atoms with E-state index in [2.05, 4.69) is 24.3 Å². The fourth-order valence-corrected chi connectivity index (χ4v) is 4.27. The van der Waals surface area contributed by atoms with Gasteiger partial charge in [-0.2, -0.15) is 0 Å². The Bertz CT molecular complexity index is 689. The molecule has 1 aliphatic carbocycles. The Kier molecular flexibility index (Phi) is 7.18. The lowest BCUT2D eigenvalue weighted by atomic mass is 9.85. The number of carbonyl (C=O) groups excluding carboxylic acids is 2. The number of hydrogen-bond acceptors (Lipinski definition) is 4. The van der Waals surface area contributed by atoms with Crippen LogP contribution in [0.1, 0.15) is 32.1 Å². The molecule has 2 aliphatic rings. The third-order valence-corrected chi connectivity index (χ3v) is 6.15. The number of para-hydroxylation sites is 1. The molecule has 1 atom stereocenters. The topological polar surface area (TPSA) is 61.9 Å². The number of hydrogen-bond donors (Lipinski definition) is 1. The monoisotopic (exact) mass is 407 g/mol. The first-order valence-electron chi connectivity index (χ1n) is 10.1. The summed E-state index contributed by atoms with van der Waals surface area (Å²) < 4.78 is 5.49. The van der Waals surface area contributed by atoms with Crippen molar-refractivity contribution in [3.05, 3.63) is 29.3 Å². The van der Waals surface area contributed by atoms with Gasteiger partial charge in [0.1, 0.15) is 5.75 Å². The number of benzene rings is 1. The number of carbonyl (C=O) groups is 2. The molecule has 2 amide bonds. The van der Waals surface area contributed by atoms with Gasteiger partial charge in [0.05, 0.1) is 5.02 Å². The summed E-state index contributed by atoms with van der Waals surface area (Å²) >= 11 is 6.03. The van der Waals surface area contributed by atoms with Crippen LogP contribution in [0.5, 0.6) is 5.75 Å². The first kappa shape index (κ1) is 20.9. The Morgan fingerprint density at radius 1 is 1.18 bits per heavy atom. The third-order valence-electron chi connectivity index (χ3n) is 5.84. The normalized spacial score (nSPS) is 25.0. The predicted octanol–water partition coefficient (Wildman–Crippen LogP) is 2.56. The van der Waals surface area contributed by atoms with Crippen LogP contribution in [0.25, 0.3) is 0 Å². The lowest BCUT2D eigenvalue weighted by Crippen LogP contribution is -2.43. The standard InChI is InChI=1S/C21H30ClN3O3/c1-24(2)17-11-12-25(13-17)21(27)15-7-9-16(10-8-15)23-20(26)14-28-19-6-4-3-5-18(19)22/h3-6,15-17H,7-14H2,1-2H3,(H,23,26). The second-order valence-electron chi connectivity index (χ2n) is 8.03. The number of amides is 2. The maximum atomic E-state index is 12.8. The predicted molar refractivity (Wildman–Crippen MR) is 110 cm³/mol. The summed E-state index contributed by atoms with van der Waals surface area (Å²) in [6.07, 6.45) is 4.38. The lowest BCUT2D eigenvalue weighted by Gasteiger charge is -2.31. The number of halogens is 1. The molecule has 0 radical (unpaired) electrons. The van der Waals surface area contributed by atoms with Crippen LogP contribution in [-0.2, 0) is 9.59 Å². The van der Waals surface area contributed by atoms with E-state index in [1.165, 1.54) is 0 Å². The van der Waals surface area contributed by atoms with Crippen molar-refractivity contribution in [3.63, 3.8) is 0 Å². The van der Waals surface area contributed by atoms with Gasteiger partial charge < -0.3 is 19.9 Å². The first-order chi connectivity index (χ1) is 13.4. The second kappa shape index (κ2) is 9.61. The molecule has 3 rings (SSSR count). The quantitative estimate of drug-likeness (QED) is 0.787. The van der Waals surface area contributed by atoms with Crippen LogP contribution in [0.2, 0.25) is 5.02 Å². The maximum absolute atomic E-state index is 12.8. The van der Waals surface area contributed by atoms with E-state index < -0.39 is 0 Å². The van der Waals surface area contributed by atoms with Gasteiger partial charge in [-0.1, -0.05) is 23.7 Å². The summed E-state index contributed by atoms with van der Waals surface area (Å²) in [5.74, 6) is 0.739. The van der Waals surface area contributed by atoms with E-state index in [0.29, 0.717) is 16.8 Å². The van der Waals surface area contributed by atoms with Crippen LogP contribution in [0.15, 0.2) is 24.3 Å². The molecule has 1 aromatic carbocycles. The highest BCUT2D eigenvalue weighted by Gasteiger charge is 2.34. The number of nitrogens with one attached hydrogen (secondary N) is 1. The van der Waals surface area contributed by atoms with Crippen molar-refractivity contribution < 1.29 is 14.3 Å². The van der Waals surface area contributed by atoms with Gasteiger partial charge in [-0.3, -0.25) is 9.59 Å². The molecule has 1 aliphatic heterocycles. The average molecular weight is 408 g/mol. The van der Waals surface area contributed by atoms with Crippen LogP contribution in [0.3, 0.4) is 0 Å². The molecule has 2 fully saturated rings. The fourth-order valence-electron chi connectivity index (χ4n) is 4.08. The van der Waals surface area contributed by atoms with E-state index in [-0.39, 0.29) is 30.4 Å². The molecule has 0 bridgehead atoms. The minimum atomic E-state index is -0.150. The molecule has 1 heterocycles. The van der Waals surface area contributed by atoms with E-state index >= 15 is 0 Å². The van der Waals surface area contributed by atoms with E-state index in [9.17, 15) is 9.59 Å². The van der Waals surface area contributed by atoms with E-state index in [0.717, 1.165) is 45.2 Å². The molecule has 28 heavy (non-hydrogen) atoms. The van der Waals surface area contributed by atoms with Crippen molar-refractivity contribution in [2.24, 2.45) is 5.92 Å². The van der Waals surface area contributed by atoms with Crippen LogP contribution in [0, 0.1) is 5.92 Å². The first-order valence-corrected chi connectivity index (χ1v) is 10.4. The highest BCUT2D eigenvalue weighted by atomic mass is 35.5. The highest BCUT2D eigenvalue weighted by molar-refractivity contribution is 6.32. The SMILES string of the molecule is CN(C)C1CCN(C(=O)C2CCC(NC(=O)COc3ccccc3Cl)CC2)C1. The Hall–Kier alpha value is -1.79. The van der Waals surface area contributed by atoms with Gasteiger partial charge in [0.25, 0.3) is 5.91 Å². The molecule has 1 aromatic rings. The van der Waals surface area contributed by atoms with Crippen molar-refractivity contribution in [3.8, 4) is 5.75 Å². The van der Waals surface area contributed by atoms with Crippen molar-refractivity contribution >= 4 is 23.4 Å². The van der Waals surface area contributed by atoms with Gasteiger partial charge in [-0.15, -0.1) is 0 Å². The van der Waals surface area contributed by atoms with Gasteiger partial charge in [0.15, 0.2) is 6.61 Å². The summed E-state index contributed by atoms with van der Waals surface area (Å²) in [5.41, 5.74) is 0. The number of rotatable bonds is 6. The molecule has 154 valence electrons. The summed E-state index contributed by atoms with van der Waals surface area (Å²) in [7, 11) is 4.14. The zero-order valence-electron chi connectivity index (χ0n) is 16.7. The van der Waals surface area contributed by atoms with Crippen LogP contribution in [-0.4, -0.2) is 67.5 Å². The van der Waals surface area contributed by atoms with Gasteiger partial charge in [0.2, 0.25) is 5.91 Å². The minimum absolute atomic E-state index is 0.0533. The molecule has 6 nitrogen and oxygen atoms in total. The minimum Gasteiger partial charge on any atom is -0.482 e. The van der Waals surface area contributed by atoms with Crippen molar-refractivity contribution in [2.75, 3.05) is 33.8 Å². The average Bonchev–Trinajstić information content (AvgIpc) is 3.18. The number of nitrogens with zero attached hydrogens (tertiary/aromatic N) is 2. The smallest absolute Gasteiger partial charge is 0.258 e. The van der Waals surface area contributed by atoms with E-state index in [1.54, 1.807) is 12.1 Å². The number of likely N-dealkylation sites (tertiary alicyclic amines) is 1. The zero-order valence-corrected chi connectivity index (χ0v) is 17.5. The molecule has 1 N–H and O–H groups in total. The molecule has 0 spiro atoms. The lowest BCUT2D eigenvalue weighted by molar-refractivity contribution is -0.135. The third kappa shape index (κ3) is 5.39. The van der Waals surface area contributed by atoms with Gasteiger partial charge in [-0.25, -0.2) is 0 Å². The fraction of sp³-hybridized carbons (Fsp3) is 0.619. The van der Waals surface area contributed by atoms with Crippen LogP contribution < -0.4 is 10.1 Å². The largest absolute Gasteiger partial charge is 0.482 e. The van der Waals surface area contributed by atoms with E-state index in [4.69, 9.17) is 16.3 Å².